The van der Waals surface area contributed by atoms with Crippen LogP contribution in [0.25, 0.3) is 10.8 Å². The van der Waals surface area contributed by atoms with Crippen LogP contribution in [0.15, 0.2) is 60.7 Å². The van der Waals surface area contributed by atoms with E-state index in [2.05, 4.69) is 31.9 Å². The number of likely N-dealkylation sites (tertiary alicyclic amines) is 1. The lowest BCUT2D eigenvalue weighted by Crippen LogP contribution is -2.54. The summed E-state index contributed by atoms with van der Waals surface area (Å²) in [4.78, 5) is 115. The molecule has 0 spiro atoms. The number of aliphatic carboxylic acids is 3. The summed E-state index contributed by atoms with van der Waals surface area (Å²) in [5.74, 6) is -6.16. The summed E-state index contributed by atoms with van der Waals surface area (Å²) in [7, 11) is 0. The second-order valence-corrected chi connectivity index (χ2v) is 18.1. The van der Waals surface area contributed by atoms with E-state index in [4.69, 9.17) is 24.1 Å². The van der Waals surface area contributed by atoms with E-state index in [9.17, 15) is 63.9 Å². The molecule has 1 saturated heterocycles. The van der Waals surface area contributed by atoms with Crippen molar-refractivity contribution in [2.75, 3.05) is 65.9 Å². The number of nitrogens with one attached hydrogen (secondary N) is 6. The maximum Gasteiger partial charge on any atom is 0.326 e. The number of benzene rings is 3. The predicted octanol–water partition coefficient (Wildman–Crippen LogP) is 1.49. The van der Waals surface area contributed by atoms with E-state index in [-0.39, 0.29) is 120 Å². The Morgan fingerprint density at radius 3 is 1.95 bits per heavy atom. The number of ether oxygens (including phenoxy) is 4. The van der Waals surface area contributed by atoms with Crippen molar-refractivity contribution in [3.8, 4) is 17.9 Å². The van der Waals surface area contributed by atoms with Gasteiger partial charge in [-0.05, 0) is 73.1 Å². The number of rotatable bonds is 35. The number of fused-ring (bicyclic) bond motifs is 1. The monoisotopic (exact) mass is 1090 g/mol. The first-order valence-electron chi connectivity index (χ1n) is 25.4. The van der Waals surface area contributed by atoms with Crippen LogP contribution in [0.2, 0.25) is 0 Å². The SMILES string of the molecule is CC(=O)NCCOCCOCCOCCC(=O)N1C[C@H](NC(=O)CCCOc2cc(C#N)cc(C#N)c2)C[C@H]1C(=O)N[C@@H](Cc1ccc2ccccc2c1)C(=O)NCCCC[C@H](NC(=O)N[C@@H](CCC(=O)O)C(=O)O)C(=O)O. The second-order valence-electron chi connectivity index (χ2n) is 18.1. The number of nitrogens with zero attached hydrogens (tertiary/aromatic N) is 3. The number of amides is 7. The van der Waals surface area contributed by atoms with E-state index < -0.39 is 84.7 Å². The van der Waals surface area contributed by atoms with E-state index in [1.54, 1.807) is 0 Å². The molecule has 7 amide bonds. The zero-order valence-corrected chi connectivity index (χ0v) is 43.3. The Balaban J connectivity index is 1.40. The number of hydrogen-bond donors (Lipinski definition) is 9. The zero-order chi connectivity index (χ0) is 56.8. The molecule has 1 aliphatic heterocycles. The molecule has 25 nitrogen and oxygen atoms in total. The first-order chi connectivity index (χ1) is 37.5. The number of carbonyl (C=O) groups excluding carboxylic acids is 6. The van der Waals surface area contributed by atoms with Gasteiger partial charge in [-0.15, -0.1) is 0 Å². The molecule has 3 aromatic rings. The standard InChI is InChI=1S/C53H67N9O16/c1-34(63)56-17-20-76-22-24-77-23-21-75-19-15-47(65)62-33-40(58-46(64)10-6-18-78-41-27-36(31-54)25-37(28-41)32-55)30-45(62)50(69)59-44(29-35-11-12-38-7-2-3-8-39(38)26-35)49(68)57-16-5-4-9-42(51(70)71)60-53(74)61-43(52(72)73)13-14-48(66)67/h2-3,7-8,11-12,25-28,40,42-45H,4-6,9-10,13-24,29-30,33H2,1H3,(H,56,63)(H,57,68)(H,58,64)(H,59,69)(H,66,67)(H,70,71)(H,72,73)(H2,60,61,74)/t40-,42+,43+,44+,45+/m1/s1. The largest absolute Gasteiger partial charge is 0.493 e. The zero-order valence-electron chi connectivity index (χ0n) is 43.3. The van der Waals surface area contributed by atoms with Crippen molar-refractivity contribution >= 4 is 64.2 Å². The highest BCUT2D eigenvalue weighted by molar-refractivity contribution is 5.93. The molecule has 25 heteroatoms. The molecule has 1 fully saturated rings. The molecule has 1 aliphatic rings. The number of carboxylic acid groups (broad SMARTS) is 3. The molecule has 0 aromatic heterocycles. The van der Waals surface area contributed by atoms with Crippen LogP contribution in [-0.4, -0.2) is 170 Å². The first-order valence-corrected chi connectivity index (χ1v) is 25.4. The van der Waals surface area contributed by atoms with Crippen LogP contribution in [0.5, 0.6) is 5.75 Å². The van der Waals surface area contributed by atoms with Crippen molar-refractivity contribution in [2.24, 2.45) is 0 Å². The van der Waals surface area contributed by atoms with E-state index >= 15 is 0 Å². The van der Waals surface area contributed by atoms with E-state index in [0.717, 1.165) is 10.8 Å². The van der Waals surface area contributed by atoms with Crippen LogP contribution in [0.4, 0.5) is 4.79 Å². The summed E-state index contributed by atoms with van der Waals surface area (Å²) in [6, 6.07) is 14.3. The summed E-state index contributed by atoms with van der Waals surface area (Å²) in [5, 5.41) is 63.8. The summed E-state index contributed by atoms with van der Waals surface area (Å²) in [6.45, 7) is 3.08. The number of nitriles is 2. The Morgan fingerprint density at radius 2 is 1.31 bits per heavy atom. The van der Waals surface area contributed by atoms with E-state index in [1.807, 2.05) is 54.6 Å². The molecule has 0 radical (unpaired) electrons. The Morgan fingerprint density at radius 1 is 0.667 bits per heavy atom. The highest BCUT2D eigenvalue weighted by Gasteiger charge is 2.41. The van der Waals surface area contributed by atoms with Gasteiger partial charge in [0.2, 0.25) is 29.5 Å². The van der Waals surface area contributed by atoms with Crippen LogP contribution >= 0.6 is 0 Å². The van der Waals surface area contributed by atoms with Gasteiger partial charge in [-0.25, -0.2) is 14.4 Å². The van der Waals surface area contributed by atoms with Gasteiger partial charge < -0.3 is 71.1 Å². The fourth-order valence-electron chi connectivity index (χ4n) is 8.17. The van der Waals surface area contributed by atoms with Crippen molar-refractivity contribution in [3.05, 3.63) is 77.4 Å². The van der Waals surface area contributed by atoms with Crippen LogP contribution in [-0.2, 0) is 59.0 Å². The highest BCUT2D eigenvalue weighted by atomic mass is 16.5. The normalized spacial score (nSPS) is 14.8. The van der Waals surface area contributed by atoms with Gasteiger partial charge in [0.15, 0.2) is 0 Å². The highest BCUT2D eigenvalue weighted by Crippen LogP contribution is 2.22. The van der Waals surface area contributed by atoms with E-state index in [1.165, 1.54) is 30.0 Å². The number of urea groups is 1. The maximum atomic E-state index is 14.4. The predicted molar refractivity (Wildman–Crippen MR) is 276 cm³/mol. The van der Waals surface area contributed by atoms with Crippen LogP contribution in [0.3, 0.4) is 0 Å². The lowest BCUT2D eigenvalue weighted by Gasteiger charge is -2.26. The lowest BCUT2D eigenvalue weighted by molar-refractivity contribution is -0.141. The van der Waals surface area contributed by atoms with E-state index in [0.29, 0.717) is 31.1 Å². The molecule has 3 aromatic carbocycles. The van der Waals surface area contributed by atoms with Gasteiger partial charge in [0, 0.05) is 51.9 Å². The number of hydrogen-bond acceptors (Lipinski definition) is 15. The van der Waals surface area contributed by atoms with Gasteiger partial charge >= 0.3 is 23.9 Å². The van der Waals surface area contributed by atoms with Crippen molar-refractivity contribution in [2.45, 2.75) is 101 Å². The lowest BCUT2D eigenvalue weighted by atomic mass is 10.0. The third-order valence-electron chi connectivity index (χ3n) is 12.1. The Labute approximate surface area is 450 Å². The van der Waals surface area contributed by atoms with Crippen molar-refractivity contribution in [3.63, 3.8) is 0 Å². The third kappa shape index (κ3) is 22.8. The summed E-state index contributed by atoms with van der Waals surface area (Å²) >= 11 is 0. The van der Waals surface area contributed by atoms with Crippen LogP contribution in [0, 0.1) is 22.7 Å². The summed E-state index contributed by atoms with van der Waals surface area (Å²) < 4.78 is 22.2. The maximum absolute atomic E-state index is 14.4. The summed E-state index contributed by atoms with van der Waals surface area (Å²) in [6.07, 6.45) is -0.592. The first kappa shape index (κ1) is 62.2. The number of carboxylic acids is 3. The topological polar surface area (TPSA) is 374 Å². The molecule has 5 atom stereocenters. The molecule has 1 heterocycles. The number of unbranched alkanes of at least 4 members (excludes halogenated alkanes) is 1. The summed E-state index contributed by atoms with van der Waals surface area (Å²) in [5.41, 5.74) is 1.18. The Kier molecular flexibility index (Phi) is 26.8. The van der Waals surface area contributed by atoms with Crippen molar-refractivity contribution < 1.29 is 77.4 Å². The fourth-order valence-corrected chi connectivity index (χ4v) is 8.17. The van der Waals surface area contributed by atoms with Crippen LogP contribution < -0.4 is 36.6 Å². The fraction of sp³-hybridized carbons (Fsp3) is 0.491. The molecule has 0 unspecified atom stereocenters. The average molecular weight is 1090 g/mol. The Hall–Kier alpha value is -8.39. The van der Waals surface area contributed by atoms with Gasteiger partial charge in [0.1, 0.15) is 29.9 Å². The molecular formula is C53H67N9O16. The molecule has 78 heavy (non-hydrogen) atoms. The smallest absolute Gasteiger partial charge is 0.326 e. The molecule has 0 saturated carbocycles. The molecular weight excluding hydrogens is 1020 g/mol. The Bertz CT molecular complexity index is 2610. The molecule has 4 rings (SSSR count). The minimum absolute atomic E-state index is 0.000299. The molecule has 420 valence electrons. The van der Waals surface area contributed by atoms with Crippen molar-refractivity contribution in [1.82, 2.24) is 36.8 Å². The minimum atomic E-state index is -1.58. The second kappa shape index (κ2) is 33.6. The van der Waals surface area contributed by atoms with Gasteiger partial charge in [0.25, 0.3) is 0 Å². The average Bonchev–Trinajstić information content (AvgIpc) is 3.84. The third-order valence-corrected chi connectivity index (χ3v) is 12.1. The van der Waals surface area contributed by atoms with Gasteiger partial charge in [-0.2, -0.15) is 10.5 Å². The number of carbonyl (C=O) groups is 9. The minimum Gasteiger partial charge on any atom is -0.493 e. The van der Waals surface area contributed by atoms with Gasteiger partial charge in [0.05, 0.1) is 75.9 Å². The van der Waals surface area contributed by atoms with Gasteiger partial charge in [-0.3, -0.25) is 28.8 Å². The van der Waals surface area contributed by atoms with Crippen molar-refractivity contribution in [1.29, 1.82) is 10.5 Å². The molecule has 0 bridgehead atoms. The van der Waals surface area contributed by atoms with Gasteiger partial charge in [-0.1, -0.05) is 42.5 Å². The quantitative estimate of drug-likeness (QED) is 0.0377. The molecule has 0 aliphatic carbocycles. The van der Waals surface area contributed by atoms with Crippen LogP contribution in [0.1, 0.15) is 81.4 Å². The molecule has 9 N–H and O–H groups in total.